The normalized spacial score (nSPS) is 11.3. The molecule has 1 heterocycles. The van der Waals surface area contributed by atoms with Crippen molar-refractivity contribution in [1.29, 1.82) is 0 Å². The second-order valence-electron chi connectivity index (χ2n) is 8.99. The quantitative estimate of drug-likeness (QED) is 0.244. The van der Waals surface area contributed by atoms with Gasteiger partial charge in [0.2, 0.25) is 0 Å². The fourth-order valence-electron chi connectivity index (χ4n) is 5.23. The Hall–Kier alpha value is -4.40. The number of anilines is 3. The molecule has 0 N–H and O–H groups in total. The highest BCUT2D eigenvalue weighted by Crippen LogP contribution is 2.43. The molecule has 0 aliphatic heterocycles. The van der Waals surface area contributed by atoms with Gasteiger partial charge in [-0.25, -0.2) is 0 Å². The average molecular weight is 478 g/mol. The number of fused-ring (bicyclic) bond motifs is 5. The van der Waals surface area contributed by atoms with E-state index in [2.05, 4.69) is 144 Å². The summed E-state index contributed by atoms with van der Waals surface area (Å²) < 4.78 is 2.68. The molecule has 7 rings (SSSR count). The molecular weight excluding hydrogens is 454 g/mol. The van der Waals surface area contributed by atoms with Crippen molar-refractivity contribution in [3.05, 3.63) is 140 Å². The Morgan fingerprint density at radius 3 is 1.78 bits per heavy atom. The number of nitrogens with zero attached hydrogens (tertiary/aromatic N) is 1. The van der Waals surface area contributed by atoms with E-state index >= 15 is 0 Å². The molecule has 0 unspecified atom stereocenters. The van der Waals surface area contributed by atoms with E-state index < -0.39 is 0 Å². The van der Waals surface area contributed by atoms with Crippen LogP contribution in [0.5, 0.6) is 0 Å². The van der Waals surface area contributed by atoms with Crippen LogP contribution in [0.15, 0.2) is 140 Å². The summed E-state index contributed by atoms with van der Waals surface area (Å²) in [6, 6.07) is 50.0. The summed E-state index contributed by atoms with van der Waals surface area (Å²) in [4.78, 5) is 2.30. The van der Waals surface area contributed by atoms with Crippen molar-refractivity contribution >= 4 is 59.3 Å². The fraction of sp³-hybridized carbons (Fsp3) is 0. The summed E-state index contributed by atoms with van der Waals surface area (Å²) in [6.07, 6.45) is 0. The van der Waals surface area contributed by atoms with Crippen molar-refractivity contribution in [2.24, 2.45) is 0 Å². The van der Waals surface area contributed by atoms with Crippen molar-refractivity contribution < 1.29 is 0 Å². The first-order chi connectivity index (χ1) is 17.9. The number of rotatable bonds is 4. The Balaban J connectivity index is 1.40. The van der Waals surface area contributed by atoms with Gasteiger partial charge >= 0.3 is 0 Å². The zero-order chi connectivity index (χ0) is 23.9. The highest BCUT2D eigenvalue weighted by atomic mass is 32.1. The third kappa shape index (κ3) is 3.46. The maximum absolute atomic E-state index is 2.30. The minimum absolute atomic E-state index is 1.14. The number of para-hydroxylation sites is 2. The lowest BCUT2D eigenvalue weighted by atomic mass is 9.94. The van der Waals surface area contributed by atoms with Crippen molar-refractivity contribution in [3.8, 4) is 11.1 Å². The van der Waals surface area contributed by atoms with Gasteiger partial charge in [-0.2, -0.15) is 0 Å². The predicted octanol–water partition coefficient (Wildman–Crippen LogP) is 10.3. The van der Waals surface area contributed by atoms with E-state index in [1.54, 1.807) is 0 Å². The predicted molar refractivity (Wildman–Crippen MR) is 157 cm³/mol. The molecule has 0 bridgehead atoms. The van der Waals surface area contributed by atoms with Gasteiger partial charge in [-0.3, -0.25) is 0 Å². The molecule has 170 valence electrons. The zero-order valence-corrected chi connectivity index (χ0v) is 20.5. The van der Waals surface area contributed by atoms with E-state index in [1.165, 1.54) is 42.1 Å². The molecular formula is C34H23NS. The van der Waals surface area contributed by atoms with E-state index in [-0.39, 0.29) is 0 Å². The molecule has 0 saturated carbocycles. The maximum Gasteiger partial charge on any atom is 0.0462 e. The molecule has 0 amide bonds. The number of hydrogen-bond acceptors (Lipinski definition) is 2. The summed E-state index contributed by atoms with van der Waals surface area (Å²) in [5.74, 6) is 0. The SMILES string of the molecule is c1ccc(N(c2ccccc2)c2ccc(-c3cccc4ccc5sc6ccccc6c5c34)cc2)cc1. The summed E-state index contributed by atoms with van der Waals surface area (Å²) in [7, 11) is 0. The lowest BCUT2D eigenvalue weighted by molar-refractivity contribution is 1.28. The van der Waals surface area contributed by atoms with E-state index in [4.69, 9.17) is 0 Å². The Bertz CT molecular complexity index is 1780. The molecule has 0 spiro atoms. The second kappa shape index (κ2) is 8.67. The molecule has 0 saturated heterocycles. The summed E-state index contributed by atoms with van der Waals surface area (Å²) >= 11 is 1.88. The minimum atomic E-state index is 1.14. The molecule has 0 fully saturated rings. The molecule has 1 nitrogen and oxygen atoms in total. The van der Waals surface area contributed by atoms with Gasteiger partial charge in [0.1, 0.15) is 0 Å². The van der Waals surface area contributed by atoms with E-state index in [0.29, 0.717) is 0 Å². The van der Waals surface area contributed by atoms with Gasteiger partial charge in [-0.05, 0) is 70.4 Å². The van der Waals surface area contributed by atoms with Crippen molar-refractivity contribution in [2.75, 3.05) is 4.90 Å². The first-order valence-electron chi connectivity index (χ1n) is 12.2. The van der Waals surface area contributed by atoms with E-state index in [9.17, 15) is 0 Å². The molecule has 1 aromatic heterocycles. The van der Waals surface area contributed by atoms with Crippen LogP contribution in [-0.4, -0.2) is 0 Å². The van der Waals surface area contributed by atoms with Crippen LogP contribution in [0.4, 0.5) is 17.1 Å². The van der Waals surface area contributed by atoms with Gasteiger partial charge in [0.05, 0.1) is 0 Å². The molecule has 6 aromatic carbocycles. The van der Waals surface area contributed by atoms with Crippen molar-refractivity contribution in [1.82, 2.24) is 0 Å². The monoisotopic (exact) mass is 477 g/mol. The largest absolute Gasteiger partial charge is 0.311 e. The highest BCUT2D eigenvalue weighted by molar-refractivity contribution is 7.26. The smallest absolute Gasteiger partial charge is 0.0462 e. The van der Waals surface area contributed by atoms with E-state index in [1.807, 2.05) is 11.3 Å². The van der Waals surface area contributed by atoms with Gasteiger partial charge in [0, 0.05) is 37.2 Å². The number of benzene rings is 6. The molecule has 2 heteroatoms. The Kier molecular flexibility index (Phi) is 5.04. The lowest BCUT2D eigenvalue weighted by Gasteiger charge is -2.25. The first kappa shape index (κ1) is 20.9. The van der Waals surface area contributed by atoms with Crippen molar-refractivity contribution in [2.45, 2.75) is 0 Å². The van der Waals surface area contributed by atoms with Crippen LogP contribution in [0.2, 0.25) is 0 Å². The number of hydrogen-bond donors (Lipinski definition) is 0. The molecule has 7 aromatic rings. The molecule has 0 aliphatic carbocycles. The van der Waals surface area contributed by atoms with Gasteiger partial charge in [-0.1, -0.05) is 91.0 Å². The van der Waals surface area contributed by atoms with Crippen LogP contribution in [-0.2, 0) is 0 Å². The van der Waals surface area contributed by atoms with Gasteiger partial charge in [0.25, 0.3) is 0 Å². The Morgan fingerprint density at radius 1 is 0.417 bits per heavy atom. The summed E-state index contributed by atoms with van der Waals surface area (Å²) in [5, 5.41) is 5.32. The molecule has 36 heavy (non-hydrogen) atoms. The zero-order valence-electron chi connectivity index (χ0n) is 19.6. The topological polar surface area (TPSA) is 3.24 Å². The summed E-state index contributed by atoms with van der Waals surface area (Å²) in [6.45, 7) is 0. The molecule has 0 aliphatic rings. The minimum Gasteiger partial charge on any atom is -0.311 e. The fourth-order valence-corrected chi connectivity index (χ4v) is 6.34. The van der Waals surface area contributed by atoms with Crippen LogP contribution in [0.25, 0.3) is 42.1 Å². The Morgan fingerprint density at radius 2 is 1.06 bits per heavy atom. The first-order valence-corrected chi connectivity index (χ1v) is 13.0. The molecule has 0 atom stereocenters. The van der Waals surface area contributed by atoms with Crippen LogP contribution >= 0.6 is 11.3 Å². The lowest BCUT2D eigenvalue weighted by Crippen LogP contribution is -2.09. The van der Waals surface area contributed by atoms with Gasteiger partial charge in [-0.15, -0.1) is 11.3 Å². The maximum atomic E-state index is 2.30. The van der Waals surface area contributed by atoms with Crippen LogP contribution in [0, 0.1) is 0 Å². The standard InChI is InChI=1S/C34H23NS/c1-3-11-26(12-4-1)35(27-13-5-2-6-14-27)28-21-18-24(19-22-28)29-16-9-10-25-20-23-32-34(33(25)29)30-15-7-8-17-31(30)36-32/h1-23H. The van der Waals surface area contributed by atoms with Crippen molar-refractivity contribution in [3.63, 3.8) is 0 Å². The van der Waals surface area contributed by atoms with Crippen LogP contribution in [0.1, 0.15) is 0 Å². The Labute approximate surface area is 214 Å². The second-order valence-corrected chi connectivity index (χ2v) is 10.1. The van der Waals surface area contributed by atoms with Crippen LogP contribution < -0.4 is 4.90 Å². The third-order valence-corrected chi connectivity index (χ3v) is 7.98. The highest BCUT2D eigenvalue weighted by Gasteiger charge is 2.15. The van der Waals surface area contributed by atoms with Crippen LogP contribution in [0.3, 0.4) is 0 Å². The third-order valence-electron chi connectivity index (χ3n) is 6.85. The number of thiophene rings is 1. The van der Waals surface area contributed by atoms with Gasteiger partial charge in [0.15, 0.2) is 0 Å². The molecule has 0 radical (unpaired) electrons. The van der Waals surface area contributed by atoms with E-state index in [0.717, 1.165) is 17.1 Å². The average Bonchev–Trinajstić information content (AvgIpc) is 3.34. The summed E-state index contributed by atoms with van der Waals surface area (Å²) in [5.41, 5.74) is 5.94. The van der Waals surface area contributed by atoms with Gasteiger partial charge < -0.3 is 4.90 Å².